The number of nitrogens with one attached hydrogen (secondary N) is 2. The number of anilines is 2. The van der Waals surface area contributed by atoms with E-state index >= 15 is 0 Å². The number of carbonyl (C=O) groups is 3. The molecule has 1 aromatic carbocycles. The van der Waals surface area contributed by atoms with Crippen molar-refractivity contribution in [1.82, 2.24) is 9.88 Å². The summed E-state index contributed by atoms with van der Waals surface area (Å²) in [6.45, 7) is 0. The van der Waals surface area contributed by atoms with Crippen LogP contribution in [0.25, 0.3) is 11.0 Å². The van der Waals surface area contributed by atoms with Crippen LogP contribution in [0, 0.1) is 11.8 Å². The standard InChI is InChI=1S/C26H29ClN4O6/c1-31(2)25(34)15-9-7-14(8-10-15)23(32)30-21-20-17(26(35)36-3)5-4-6-18(20)37-22(21)24(33)29-19-12-11-16(27)13-28-19/h4-6,11-15,25,34H,7-10H2,1-3H3,(H,30,32)(H,28,29,33)/t14-,15-,25?. The second kappa shape index (κ2) is 11.3. The molecule has 11 heteroatoms. The SMILES string of the molecule is COC(=O)c1cccc2oc(C(=O)Nc3ccc(Cl)cn3)c(NC(=O)[C@H]3CC[C@H](C(O)N(C)C)CC3)c12. The summed E-state index contributed by atoms with van der Waals surface area (Å²) in [5, 5.41) is 16.5. The fraction of sp³-hybridized carbons (Fsp3) is 0.385. The molecule has 1 aliphatic rings. The highest BCUT2D eigenvalue weighted by Crippen LogP contribution is 2.37. The number of benzene rings is 1. The van der Waals surface area contributed by atoms with Gasteiger partial charge in [0.05, 0.1) is 23.1 Å². The molecule has 1 saturated carbocycles. The molecule has 4 rings (SSSR count). The van der Waals surface area contributed by atoms with Gasteiger partial charge in [-0.25, -0.2) is 9.78 Å². The Balaban J connectivity index is 1.64. The fourth-order valence-electron chi connectivity index (χ4n) is 4.66. The first kappa shape index (κ1) is 26.6. The molecular formula is C26H29ClN4O6. The van der Waals surface area contributed by atoms with E-state index in [-0.39, 0.29) is 51.5 Å². The summed E-state index contributed by atoms with van der Waals surface area (Å²) in [4.78, 5) is 44.9. The van der Waals surface area contributed by atoms with Gasteiger partial charge in [-0.15, -0.1) is 0 Å². The van der Waals surface area contributed by atoms with E-state index in [0.29, 0.717) is 30.7 Å². The van der Waals surface area contributed by atoms with E-state index in [1.54, 1.807) is 23.1 Å². The lowest BCUT2D eigenvalue weighted by atomic mass is 9.80. The lowest BCUT2D eigenvalue weighted by molar-refractivity contribution is -0.122. The minimum absolute atomic E-state index is 0.0768. The van der Waals surface area contributed by atoms with Crippen LogP contribution >= 0.6 is 11.6 Å². The van der Waals surface area contributed by atoms with E-state index in [2.05, 4.69) is 15.6 Å². The third kappa shape index (κ3) is 5.76. The number of esters is 1. The number of methoxy groups -OCH3 is 1. The Hall–Kier alpha value is -3.47. The maximum absolute atomic E-state index is 13.3. The zero-order chi connectivity index (χ0) is 26.7. The number of fused-ring (bicyclic) bond motifs is 1. The molecule has 0 radical (unpaired) electrons. The average molecular weight is 529 g/mol. The molecule has 0 aliphatic heterocycles. The van der Waals surface area contributed by atoms with Crippen molar-refractivity contribution in [1.29, 1.82) is 0 Å². The number of carbonyl (C=O) groups excluding carboxylic acids is 3. The molecule has 37 heavy (non-hydrogen) atoms. The summed E-state index contributed by atoms with van der Waals surface area (Å²) in [5.41, 5.74) is 0.480. The van der Waals surface area contributed by atoms with Gasteiger partial charge < -0.3 is 24.9 Å². The Kier molecular flexibility index (Phi) is 8.11. The molecule has 3 aromatic rings. The van der Waals surface area contributed by atoms with E-state index in [1.165, 1.54) is 25.4 Å². The molecule has 2 aromatic heterocycles. The van der Waals surface area contributed by atoms with Gasteiger partial charge in [0.2, 0.25) is 11.7 Å². The Morgan fingerprint density at radius 1 is 1.14 bits per heavy atom. The monoisotopic (exact) mass is 528 g/mol. The number of aliphatic hydroxyl groups is 1. The molecule has 2 amide bonds. The average Bonchev–Trinajstić information content (AvgIpc) is 3.27. The number of pyridine rings is 1. The van der Waals surface area contributed by atoms with Crippen LogP contribution in [0.15, 0.2) is 40.9 Å². The predicted molar refractivity (Wildman–Crippen MR) is 139 cm³/mol. The number of rotatable bonds is 7. The number of hydrogen-bond acceptors (Lipinski definition) is 8. The second-order valence-electron chi connectivity index (χ2n) is 9.27. The molecule has 0 bridgehead atoms. The van der Waals surface area contributed by atoms with Crippen molar-refractivity contribution in [3.05, 3.63) is 52.9 Å². The number of furan rings is 1. The topological polar surface area (TPSA) is 134 Å². The fourth-order valence-corrected chi connectivity index (χ4v) is 4.77. The van der Waals surface area contributed by atoms with Crippen molar-refractivity contribution in [2.75, 3.05) is 31.8 Å². The van der Waals surface area contributed by atoms with Crippen molar-refractivity contribution in [2.45, 2.75) is 31.9 Å². The molecule has 1 atom stereocenters. The third-order valence-electron chi connectivity index (χ3n) is 6.64. The Morgan fingerprint density at radius 2 is 1.86 bits per heavy atom. The maximum Gasteiger partial charge on any atom is 0.338 e. The number of amides is 2. The smallest absolute Gasteiger partial charge is 0.338 e. The first-order valence-electron chi connectivity index (χ1n) is 11.9. The van der Waals surface area contributed by atoms with Crippen LogP contribution in [-0.2, 0) is 9.53 Å². The normalized spacial score (nSPS) is 18.4. The van der Waals surface area contributed by atoms with Gasteiger partial charge in [-0.1, -0.05) is 17.7 Å². The molecule has 10 nitrogen and oxygen atoms in total. The first-order chi connectivity index (χ1) is 17.7. The number of halogens is 1. The summed E-state index contributed by atoms with van der Waals surface area (Å²) in [5.74, 6) is -1.77. The molecule has 1 unspecified atom stereocenters. The van der Waals surface area contributed by atoms with E-state index in [4.69, 9.17) is 20.8 Å². The Bertz CT molecular complexity index is 1300. The maximum atomic E-state index is 13.3. The molecule has 2 heterocycles. The molecule has 0 spiro atoms. The van der Waals surface area contributed by atoms with Gasteiger partial charge in [0.15, 0.2) is 0 Å². The van der Waals surface area contributed by atoms with Crippen LogP contribution in [0.2, 0.25) is 5.02 Å². The second-order valence-corrected chi connectivity index (χ2v) is 9.71. The summed E-state index contributed by atoms with van der Waals surface area (Å²) < 4.78 is 10.7. The van der Waals surface area contributed by atoms with E-state index < -0.39 is 18.1 Å². The molecule has 1 aliphatic carbocycles. The molecule has 196 valence electrons. The quantitative estimate of drug-likeness (QED) is 0.307. The van der Waals surface area contributed by atoms with E-state index in [1.807, 2.05) is 14.1 Å². The molecule has 3 N–H and O–H groups in total. The van der Waals surface area contributed by atoms with Crippen molar-refractivity contribution >= 4 is 51.9 Å². The van der Waals surface area contributed by atoms with Gasteiger partial charge in [-0.2, -0.15) is 0 Å². The minimum atomic E-state index is -0.657. The lowest BCUT2D eigenvalue weighted by Crippen LogP contribution is -2.38. The van der Waals surface area contributed by atoms with Gasteiger partial charge in [-0.3, -0.25) is 14.5 Å². The van der Waals surface area contributed by atoms with Crippen molar-refractivity contribution in [3.63, 3.8) is 0 Å². The highest BCUT2D eigenvalue weighted by atomic mass is 35.5. The zero-order valence-corrected chi connectivity index (χ0v) is 21.5. The van der Waals surface area contributed by atoms with Gasteiger partial charge in [0, 0.05) is 12.1 Å². The first-order valence-corrected chi connectivity index (χ1v) is 12.3. The number of aromatic nitrogens is 1. The summed E-state index contributed by atoms with van der Waals surface area (Å²) in [6, 6.07) is 7.84. The highest BCUT2D eigenvalue weighted by molar-refractivity contribution is 6.30. The lowest BCUT2D eigenvalue weighted by Gasteiger charge is -2.33. The van der Waals surface area contributed by atoms with Gasteiger partial charge >= 0.3 is 5.97 Å². The zero-order valence-electron chi connectivity index (χ0n) is 20.8. The molecule has 1 fully saturated rings. The predicted octanol–water partition coefficient (Wildman–Crippen LogP) is 4.15. The van der Waals surface area contributed by atoms with Gasteiger partial charge in [-0.05, 0) is 70.0 Å². The summed E-state index contributed by atoms with van der Waals surface area (Å²) in [6.07, 6.45) is 3.35. The van der Waals surface area contributed by atoms with Crippen LogP contribution < -0.4 is 10.6 Å². The number of hydrogen-bond donors (Lipinski definition) is 3. The molecular weight excluding hydrogens is 500 g/mol. The summed E-state index contributed by atoms with van der Waals surface area (Å²) >= 11 is 5.88. The van der Waals surface area contributed by atoms with Crippen molar-refractivity contribution in [2.24, 2.45) is 11.8 Å². The Morgan fingerprint density at radius 3 is 2.49 bits per heavy atom. The van der Waals surface area contributed by atoms with Crippen molar-refractivity contribution in [3.8, 4) is 0 Å². The van der Waals surface area contributed by atoms with Crippen LogP contribution in [0.5, 0.6) is 0 Å². The minimum Gasteiger partial charge on any atom is -0.465 e. The van der Waals surface area contributed by atoms with Gasteiger partial charge in [0.25, 0.3) is 5.91 Å². The van der Waals surface area contributed by atoms with Crippen LogP contribution in [-0.4, -0.2) is 60.2 Å². The van der Waals surface area contributed by atoms with E-state index in [9.17, 15) is 19.5 Å². The largest absolute Gasteiger partial charge is 0.465 e. The number of nitrogens with zero attached hydrogens (tertiary/aromatic N) is 2. The van der Waals surface area contributed by atoms with Crippen molar-refractivity contribution < 1.29 is 28.6 Å². The van der Waals surface area contributed by atoms with Crippen LogP contribution in [0.3, 0.4) is 0 Å². The van der Waals surface area contributed by atoms with Gasteiger partial charge in [0.1, 0.15) is 23.3 Å². The summed E-state index contributed by atoms with van der Waals surface area (Å²) in [7, 11) is 4.89. The van der Waals surface area contributed by atoms with Crippen LogP contribution in [0.4, 0.5) is 11.5 Å². The highest BCUT2D eigenvalue weighted by Gasteiger charge is 2.33. The van der Waals surface area contributed by atoms with E-state index in [0.717, 1.165) is 0 Å². The number of ether oxygens (including phenoxy) is 1. The molecule has 0 saturated heterocycles. The third-order valence-corrected chi connectivity index (χ3v) is 6.86. The Labute approximate surface area is 218 Å². The number of aliphatic hydroxyl groups excluding tert-OH is 1. The van der Waals surface area contributed by atoms with Crippen LogP contribution in [0.1, 0.15) is 46.6 Å².